The molecule has 0 fully saturated rings. The number of aliphatic hydroxyl groups excluding tert-OH is 1. The minimum atomic E-state index is -1.17. The van der Waals surface area contributed by atoms with Crippen LogP contribution < -0.4 is 15.9 Å². The normalized spacial score (nSPS) is 13.4. The van der Waals surface area contributed by atoms with Crippen LogP contribution in [0, 0.1) is 5.92 Å². The van der Waals surface area contributed by atoms with Gasteiger partial charge in [0.25, 0.3) is 0 Å². The monoisotopic (exact) mass is 649 g/mol. The second-order valence-electron chi connectivity index (χ2n) is 12.5. The zero-order chi connectivity index (χ0) is 34.6. The summed E-state index contributed by atoms with van der Waals surface area (Å²) in [5.74, 6) is -0.343. The Hall–Kier alpha value is -4.52. The lowest BCUT2D eigenvalue weighted by atomic mass is 9.96. The number of nitrogens with one attached hydrogen (secondary N) is 1. The first-order valence-corrected chi connectivity index (χ1v) is 15.5. The molecule has 0 bridgehead atoms. The minimum absolute atomic E-state index is 0.0954. The fraction of sp³-hybridized carbons (Fsp3) is 0.429. The van der Waals surface area contributed by atoms with Gasteiger partial charge in [-0.1, -0.05) is 68.4 Å². The molecule has 0 saturated heterocycles. The maximum absolute atomic E-state index is 13.9. The fourth-order valence-electron chi connectivity index (χ4n) is 4.78. The van der Waals surface area contributed by atoms with Crippen LogP contribution in [0.5, 0.6) is 5.75 Å². The minimum Gasteiger partial charge on any atom is -0.496 e. The quantitative estimate of drug-likeness (QED) is 0.204. The molecule has 3 amide bonds. The lowest BCUT2D eigenvalue weighted by molar-refractivity contribution is -0.134. The predicted molar refractivity (Wildman–Crippen MR) is 177 cm³/mol. The molecule has 4 N–H and O–H groups in total. The van der Waals surface area contributed by atoms with E-state index < -0.39 is 41.9 Å². The highest BCUT2D eigenvalue weighted by atomic mass is 16.6. The summed E-state index contributed by atoms with van der Waals surface area (Å²) in [4.78, 5) is 45.6. The van der Waals surface area contributed by atoms with Crippen LogP contribution in [0.25, 0.3) is 0 Å². The largest absolute Gasteiger partial charge is 0.496 e. The lowest BCUT2D eigenvalue weighted by Crippen LogP contribution is -2.52. The number of ether oxygens (including phenoxy) is 3. The van der Waals surface area contributed by atoms with Gasteiger partial charge in [-0.2, -0.15) is 0 Å². The van der Waals surface area contributed by atoms with Crippen LogP contribution in [0.1, 0.15) is 63.9 Å². The van der Waals surface area contributed by atoms with E-state index in [1.165, 1.54) is 5.01 Å². The molecule has 12 heteroatoms. The summed E-state index contributed by atoms with van der Waals surface area (Å²) < 4.78 is 16.5. The van der Waals surface area contributed by atoms with Crippen LogP contribution in [0.4, 0.5) is 9.59 Å². The summed E-state index contributed by atoms with van der Waals surface area (Å²) in [5, 5.41) is 13.1. The van der Waals surface area contributed by atoms with Crippen molar-refractivity contribution in [3.63, 3.8) is 0 Å². The molecule has 0 saturated carbocycles. The number of amides is 3. The molecule has 0 aliphatic heterocycles. The number of rotatable bonds is 14. The van der Waals surface area contributed by atoms with Gasteiger partial charge in [-0.15, -0.1) is 0 Å². The Labute approximate surface area is 276 Å². The maximum atomic E-state index is 13.9. The highest BCUT2D eigenvalue weighted by Gasteiger charge is 2.37. The van der Waals surface area contributed by atoms with Gasteiger partial charge in [0.05, 0.1) is 31.0 Å². The van der Waals surface area contributed by atoms with Gasteiger partial charge in [0.1, 0.15) is 18.0 Å². The van der Waals surface area contributed by atoms with Crippen molar-refractivity contribution in [3.05, 3.63) is 95.8 Å². The summed E-state index contributed by atoms with van der Waals surface area (Å²) in [5.41, 5.74) is 10.1. The molecule has 1 heterocycles. The Morgan fingerprint density at radius 2 is 1.64 bits per heavy atom. The first kappa shape index (κ1) is 36.9. The number of imide groups is 1. The third-order valence-corrected chi connectivity index (χ3v) is 7.13. The van der Waals surface area contributed by atoms with Crippen molar-refractivity contribution in [3.8, 4) is 5.75 Å². The van der Waals surface area contributed by atoms with E-state index in [4.69, 9.17) is 19.9 Å². The Morgan fingerprint density at radius 3 is 2.26 bits per heavy atom. The first-order valence-electron chi connectivity index (χ1n) is 15.5. The van der Waals surface area contributed by atoms with E-state index in [-0.39, 0.29) is 32.0 Å². The number of para-hydroxylation sites is 1. The first-order chi connectivity index (χ1) is 22.3. The number of carbonyl (C=O) groups excluding carboxylic acids is 3. The standard InChI is InChI=1S/C35H47N5O7/c1-24(2)31(36)32(42)40(34(44)46-23-27-17-12-13-19-37-27)29(25-14-8-7-9-15-25)20-28(41)22-39(38-33(43)47-35(3,4)5)21-26-16-10-11-18-30(26)45-6/h7-19,24,28-29,31,41H,20-23,36H2,1-6H3,(H,38,43)/t28?,29?,31-/m0/s1. The fourth-order valence-corrected chi connectivity index (χ4v) is 4.78. The number of aromatic nitrogens is 1. The molecule has 1 aromatic heterocycles. The molecule has 47 heavy (non-hydrogen) atoms. The molecular formula is C35H47N5O7. The molecule has 254 valence electrons. The molecule has 0 spiro atoms. The third kappa shape index (κ3) is 11.7. The number of methoxy groups -OCH3 is 1. The molecule has 2 unspecified atom stereocenters. The molecule has 3 atom stereocenters. The molecule has 3 rings (SSSR count). The van der Waals surface area contributed by atoms with Crippen LogP contribution >= 0.6 is 0 Å². The Morgan fingerprint density at radius 1 is 0.979 bits per heavy atom. The van der Waals surface area contributed by atoms with E-state index >= 15 is 0 Å². The van der Waals surface area contributed by atoms with Crippen molar-refractivity contribution in [2.75, 3.05) is 13.7 Å². The van der Waals surface area contributed by atoms with Crippen molar-refractivity contribution >= 4 is 18.1 Å². The predicted octanol–water partition coefficient (Wildman–Crippen LogP) is 4.97. The Balaban J connectivity index is 1.94. The number of hydrogen-bond acceptors (Lipinski definition) is 10. The zero-order valence-corrected chi connectivity index (χ0v) is 28.0. The smallest absolute Gasteiger partial charge is 0.422 e. The van der Waals surface area contributed by atoms with Gasteiger partial charge < -0.3 is 25.1 Å². The number of benzene rings is 2. The number of carbonyl (C=O) groups is 3. The molecular weight excluding hydrogens is 602 g/mol. The van der Waals surface area contributed by atoms with Gasteiger partial charge in [0.15, 0.2) is 0 Å². The van der Waals surface area contributed by atoms with Crippen molar-refractivity contribution in [1.29, 1.82) is 0 Å². The maximum Gasteiger partial charge on any atom is 0.422 e. The molecule has 0 aliphatic carbocycles. The van der Waals surface area contributed by atoms with Gasteiger partial charge >= 0.3 is 12.2 Å². The average molecular weight is 650 g/mol. The summed E-state index contributed by atoms with van der Waals surface area (Å²) in [6.45, 7) is 8.70. The average Bonchev–Trinajstić information content (AvgIpc) is 3.03. The van der Waals surface area contributed by atoms with Gasteiger partial charge in [0, 0.05) is 24.8 Å². The van der Waals surface area contributed by atoms with Crippen molar-refractivity contribution < 1.29 is 33.7 Å². The van der Waals surface area contributed by atoms with Gasteiger partial charge in [-0.05, 0) is 56.9 Å². The van der Waals surface area contributed by atoms with Crippen molar-refractivity contribution in [2.24, 2.45) is 11.7 Å². The summed E-state index contributed by atoms with van der Waals surface area (Å²) in [6, 6.07) is 19.4. The van der Waals surface area contributed by atoms with E-state index in [0.717, 1.165) is 10.5 Å². The Bertz CT molecular complexity index is 1430. The number of nitrogens with zero attached hydrogens (tertiary/aromatic N) is 3. The molecule has 3 aromatic rings. The molecule has 2 aromatic carbocycles. The van der Waals surface area contributed by atoms with Crippen LogP contribution in [-0.2, 0) is 27.4 Å². The van der Waals surface area contributed by atoms with Crippen molar-refractivity contribution in [2.45, 2.75) is 78.0 Å². The number of hydrogen-bond donors (Lipinski definition) is 3. The van der Waals surface area contributed by atoms with Crippen LogP contribution in [-0.4, -0.2) is 69.5 Å². The lowest BCUT2D eigenvalue weighted by Gasteiger charge is -2.34. The van der Waals surface area contributed by atoms with E-state index in [1.807, 2.05) is 24.3 Å². The van der Waals surface area contributed by atoms with E-state index in [0.29, 0.717) is 17.0 Å². The number of pyridine rings is 1. The van der Waals surface area contributed by atoms with Crippen LogP contribution in [0.15, 0.2) is 79.0 Å². The van der Waals surface area contributed by atoms with Crippen molar-refractivity contribution in [1.82, 2.24) is 20.3 Å². The molecule has 0 aliphatic rings. The molecule has 12 nitrogen and oxygen atoms in total. The van der Waals surface area contributed by atoms with Crippen LogP contribution in [0.2, 0.25) is 0 Å². The second kappa shape index (κ2) is 17.4. The van der Waals surface area contributed by atoms with E-state index in [9.17, 15) is 19.5 Å². The zero-order valence-electron chi connectivity index (χ0n) is 28.0. The van der Waals surface area contributed by atoms with E-state index in [2.05, 4.69) is 10.4 Å². The summed E-state index contributed by atoms with van der Waals surface area (Å²) >= 11 is 0. The summed E-state index contributed by atoms with van der Waals surface area (Å²) in [6.07, 6.45) is -1.32. The highest BCUT2D eigenvalue weighted by Crippen LogP contribution is 2.29. The van der Waals surface area contributed by atoms with Gasteiger partial charge in [0.2, 0.25) is 5.91 Å². The summed E-state index contributed by atoms with van der Waals surface area (Å²) in [7, 11) is 1.55. The van der Waals surface area contributed by atoms with Crippen LogP contribution in [0.3, 0.4) is 0 Å². The SMILES string of the molecule is COc1ccccc1CN(CC(O)CC(c1ccccc1)N(C(=O)OCc1ccccn1)C(=O)[C@@H](N)C(C)C)NC(=O)OC(C)(C)C. The van der Waals surface area contributed by atoms with E-state index in [1.54, 1.807) is 96.5 Å². The number of nitrogens with two attached hydrogens (primary N) is 1. The van der Waals surface area contributed by atoms with Gasteiger partial charge in [-0.3, -0.25) is 15.2 Å². The highest BCUT2D eigenvalue weighted by molar-refractivity contribution is 5.95. The third-order valence-electron chi connectivity index (χ3n) is 7.13. The molecule has 0 radical (unpaired) electrons. The van der Waals surface area contributed by atoms with Gasteiger partial charge in [-0.25, -0.2) is 19.5 Å². The second-order valence-corrected chi connectivity index (χ2v) is 12.5. The number of hydrazine groups is 1. The Kier molecular flexibility index (Phi) is 13.7. The number of aliphatic hydroxyl groups is 1. The topological polar surface area (TPSA) is 157 Å².